The van der Waals surface area contributed by atoms with Crippen LogP contribution in [0.2, 0.25) is 0 Å². The molecule has 0 N–H and O–H groups in total. The van der Waals surface area contributed by atoms with Crippen LogP contribution >= 0.6 is 0 Å². The summed E-state index contributed by atoms with van der Waals surface area (Å²) in [6.07, 6.45) is 0. The molecule has 4 aromatic rings. The van der Waals surface area contributed by atoms with Crippen molar-refractivity contribution in [1.82, 2.24) is 0 Å². The number of anilines is 1. The van der Waals surface area contributed by atoms with Gasteiger partial charge in [-0.25, -0.2) is 5.56 Å². The summed E-state index contributed by atoms with van der Waals surface area (Å²) in [5, 5.41) is 0. The zero-order chi connectivity index (χ0) is 18.6. The first-order valence-electron chi connectivity index (χ1n) is 9.09. The Balaban J connectivity index is 0.00000225. The van der Waals surface area contributed by atoms with Gasteiger partial charge in [0.2, 0.25) is 0 Å². The minimum atomic E-state index is 0. The summed E-state index contributed by atoms with van der Waals surface area (Å²) in [5.41, 5.74) is 7.95. The topological polar surface area (TPSA) is 3.24 Å². The van der Waals surface area contributed by atoms with E-state index in [1.54, 1.807) is 0 Å². The van der Waals surface area contributed by atoms with Crippen LogP contribution in [-0.2, 0) is 32.7 Å². The first-order chi connectivity index (χ1) is 13.2. The number of hydrogen-bond acceptors (Lipinski definition) is 1. The second-order valence-electron chi connectivity index (χ2n) is 6.72. The smallest absolute Gasteiger partial charge is 0 e. The summed E-state index contributed by atoms with van der Waals surface area (Å²) in [6, 6.07) is 38.4. The van der Waals surface area contributed by atoms with E-state index in [0.717, 1.165) is 22.3 Å². The van der Waals surface area contributed by atoms with Gasteiger partial charge in [-0.15, -0.1) is 11.6 Å². The Labute approximate surface area is 192 Å². The third-order valence-electron chi connectivity index (χ3n) is 4.63. The van der Waals surface area contributed by atoms with Crippen LogP contribution in [0.3, 0.4) is 0 Å². The van der Waals surface area contributed by atoms with Crippen LogP contribution in [0.5, 0.6) is 0 Å². The Morgan fingerprint density at radius 2 is 1.29 bits per heavy atom. The molecule has 0 amide bonds. The molecule has 28 heavy (non-hydrogen) atoms. The fraction of sp³-hybridized carbons (Fsp3) is 0.0769. The van der Waals surface area contributed by atoms with Gasteiger partial charge in [0, 0.05) is 32.7 Å². The summed E-state index contributed by atoms with van der Waals surface area (Å²) >= 11 is 0. The fourth-order valence-corrected chi connectivity index (χ4v) is 3.40. The molecular weight excluding hydrogens is 415 g/mol. The van der Waals surface area contributed by atoms with E-state index in [1.165, 1.54) is 16.8 Å². The summed E-state index contributed by atoms with van der Waals surface area (Å²) in [5.74, 6) is 0. The Morgan fingerprint density at radius 1 is 0.679 bits per heavy atom. The molecular formula is C26H21NY-2. The number of benzene rings is 4. The van der Waals surface area contributed by atoms with E-state index < -0.39 is 0 Å². The summed E-state index contributed by atoms with van der Waals surface area (Å²) in [4.78, 5) is 2.18. The Bertz CT molecular complexity index is 965. The van der Waals surface area contributed by atoms with Gasteiger partial charge in [0.15, 0.2) is 0 Å². The normalized spacial score (nSPS) is 10.2. The van der Waals surface area contributed by atoms with Gasteiger partial charge in [0.25, 0.3) is 0 Å². The van der Waals surface area contributed by atoms with Crippen molar-refractivity contribution in [2.45, 2.75) is 0 Å². The van der Waals surface area contributed by atoms with Crippen molar-refractivity contribution in [3.63, 3.8) is 0 Å². The molecule has 0 atom stereocenters. The molecule has 0 saturated carbocycles. The fourth-order valence-electron chi connectivity index (χ4n) is 3.40. The zero-order valence-corrected chi connectivity index (χ0v) is 19.0. The van der Waals surface area contributed by atoms with Gasteiger partial charge in [-0.3, -0.25) is 0 Å². The van der Waals surface area contributed by atoms with Gasteiger partial charge in [-0.2, -0.15) is 42.0 Å². The van der Waals surface area contributed by atoms with Crippen molar-refractivity contribution < 1.29 is 32.7 Å². The molecule has 0 saturated heterocycles. The van der Waals surface area contributed by atoms with Gasteiger partial charge < -0.3 is 4.90 Å². The van der Waals surface area contributed by atoms with Crippen LogP contribution in [0.1, 0.15) is 0 Å². The number of rotatable bonds is 4. The Hall–Kier alpha value is -2.22. The molecule has 0 aromatic heterocycles. The van der Waals surface area contributed by atoms with E-state index >= 15 is 0 Å². The SMILES string of the molecule is CN(C)c1c(-c2ccccc2)[c-]c(-c2[c-]cccc2)cc1-c1ccccc1.[Y]. The van der Waals surface area contributed by atoms with Gasteiger partial charge in [0.05, 0.1) is 0 Å². The second-order valence-corrected chi connectivity index (χ2v) is 6.72. The van der Waals surface area contributed by atoms with Crippen molar-refractivity contribution in [3.8, 4) is 33.4 Å². The largest absolute Gasteiger partial charge is 0.408 e. The van der Waals surface area contributed by atoms with Crippen molar-refractivity contribution in [2.75, 3.05) is 19.0 Å². The van der Waals surface area contributed by atoms with E-state index in [0.29, 0.717) is 0 Å². The van der Waals surface area contributed by atoms with Crippen LogP contribution in [0.4, 0.5) is 5.69 Å². The summed E-state index contributed by atoms with van der Waals surface area (Å²) in [6.45, 7) is 0. The van der Waals surface area contributed by atoms with Crippen LogP contribution in [0, 0.1) is 12.1 Å². The monoisotopic (exact) mass is 436 g/mol. The van der Waals surface area contributed by atoms with E-state index in [9.17, 15) is 0 Å². The van der Waals surface area contributed by atoms with E-state index in [2.05, 4.69) is 97.9 Å². The maximum absolute atomic E-state index is 3.66. The second kappa shape index (κ2) is 9.32. The van der Waals surface area contributed by atoms with E-state index in [-0.39, 0.29) is 32.7 Å². The third kappa shape index (κ3) is 4.27. The minimum absolute atomic E-state index is 0. The van der Waals surface area contributed by atoms with Crippen molar-refractivity contribution in [1.29, 1.82) is 0 Å². The molecule has 2 heteroatoms. The number of nitrogens with zero attached hydrogens (tertiary/aromatic N) is 1. The van der Waals surface area contributed by atoms with Crippen molar-refractivity contribution in [3.05, 3.63) is 103 Å². The molecule has 0 spiro atoms. The molecule has 1 radical (unpaired) electrons. The van der Waals surface area contributed by atoms with E-state index in [4.69, 9.17) is 0 Å². The standard InChI is InChI=1S/C26H21N.Y/c1-27(2)26-24(21-14-8-4-9-15-21)18-23(20-12-6-3-7-13-20)19-25(26)22-16-10-5-11-17-22;/h3-12,14-18H,1-2H3;/q-2;. The molecule has 4 aromatic carbocycles. The first kappa shape index (κ1) is 20.5. The molecule has 0 bridgehead atoms. The minimum Gasteiger partial charge on any atom is -0.408 e. The number of hydrogen-bond donors (Lipinski definition) is 0. The summed E-state index contributed by atoms with van der Waals surface area (Å²) in [7, 11) is 4.19. The van der Waals surface area contributed by atoms with Gasteiger partial charge >= 0.3 is 0 Å². The predicted molar refractivity (Wildman–Crippen MR) is 115 cm³/mol. The van der Waals surface area contributed by atoms with Gasteiger partial charge in [-0.1, -0.05) is 71.8 Å². The predicted octanol–water partition coefficient (Wildman–Crippen LogP) is 6.35. The average Bonchev–Trinajstić information content (AvgIpc) is 2.74. The van der Waals surface area contributed by atoms with Gasteiger partial charge in [-0.05, 0) is 25.3 Å². The molecule has 0 fully saturated rings. The molecule has 4 rings (SSSR count). The third-order valence-corrected chi connectivity index (χ3v) is 4.63. The van der Waals surface area contributed by atoms with Crippen LogP contribution in [0.25, 0.3) is 33.4 Å². The first-order valence-corrected chi connectivity index (χ1v) is 9.09. The quantitative estimate of drug-likeness (QED) is 0.337. The molecule has 1 nitrogen and oxygen atoms in total. The van der Waals surface area contributed by atoms with Gasteiger partial charge in [0.1, 0.15) is 0 Å². The van der Waals surface area contributed by atoms with Crippen molar-refractivity contribution in [2.24, 2.45) is 0 Å². The van der Waals surface area contributed by atoms with E-state index in [1.807, 2.05) is 24.3 Å². The van der Waals surface area contributed by atoms with Crippen LogP contribution in [0.15, 0.2) is 91.0 Å². The Kier molecular flexibility index (Phi) is 6.83. The van der Waals surface area contributed by atoms with Crippen LogP contribution < -0.4 is 4.90 Å². The zero-order valence-electron chi connectivity index (χ0n) is 16.2. The molecule has 0 aliphatic carbocycles. The Morgan fingerprint density at radius 3 is 1.86 bits per heavy atom. The van der Waals surface area contributed by atoms with Crippen molar-refractivity contribution >= 4 is 5.69 Å². The van der Waals surface area contributed by atoms with Crippen LogP contribution in [-0.4, -0.2) is 14.1 Å². The maximum Gasteiger partial charge on any atom is 0 e. The molecule has 0 aliphatic heterocycles. The summed E-state index contributed by atoms with van der Waals surface area (Å²) < 4.78 is 0. The molecule has 135 valence electrons. The maximum atomic E-state index is 3.66. The molecule has 0 unspecified atom stereocenters. The molecule has 0 aliphatic rings. The molecule has 0 heterocycles. The average molecular weight is 436 g/mol.